The summed E-state index contributed by atoms with van der Waals surface area (Å²) in [5.41, 5.74) is 0.423. The van der Waals surface area contributed by atoms with Crippen molar-refractivity contribution in [2.75, 3.05) is 18.4 Å². The zero-order valence-electron chi connectivity index (χ0n) is 12.1. The molecule has 0 bridgehead atoms. The molecular weight excluding hydrogens is 290 g/mol. The van der Waals surface area contributed by atoms with Crippen LogP contribution in [-0.4, -0.2) is 45.9 Å². The van der Waals surface area contributed by atoms with Gasteiger partial charge in [0.05, 0.1) is 16.9 Å². The Balaban J connectivity index is 1.94. The molecule has 2 N–H and O–H groups in total. The fraction of sp³-hybridized carbons (Fsp3) is 0.429. The highest BCUT2D eigenvalue weighted by atomic mass is 16.6. The molecule has 1 aromatic carbocycles. The molecular formula is C14H17N3O5. The molecule has 0 saturated carbocycles. The van der Waals surface area contributed by atoms with E-state index in [9.17, 15) is 19.7 Å². The van der Waals surface area contributed by atoms with Gasteiger partial charge in [-0.3, -0.25) is 24.6 Å². The first-order valence-electron chi connectivity index (χ1n) is 6.90. The van der Waals surface area contributed by atoms with Crippen LogP contribution in [0, 0.1) is 16.0 Å². The minimum Gasteiger partial charge on any atom is -0.481 e. The van der Waals surface area contributed by atoms with Crippen LogP contribution >= 0.6 is 0 Å². The molecule has 2 rings (SSSR count). The van der Waals surface area contributed by atoms with Crippen molar-refractivity contribution in [1.29, 1.82) is 0 Å². The first-order valence-corrected chi connectivity index (χ1v) is 6.90. The lowest BCUT2D eigenvalue weighted by atomic mass is 10.1. The maximum atomic E-state index is 12.2. The predicted octanol–water partition coefficient (Wildman–Crippen LogP) is 1.33. The van der Waals surface area contributed by atoms with Crippen molar-refractivity contribution >= 4 is 23.3 Å². The predicted molar refractivity (Wildman–Crippen MR) is 78.5 cm³/mol. The molecule has 0 spiro atoms. The van der Waals surface area contributed by atoms with Crippen LogP contribution in [0.2, 0.25) is 0 Å². The van der Waals surface area contributed by atoms with Crippen LogP contribution in [0.3, 0.4) is 0 Å². The first-order chi connectivity index (χ1) is 10.4. The summed E-state index contributed by atoms with van der Waals surface area (Å²) in [6.45, 7) is 2.63. The summed E-state index contributed by atoms with van der Waals surface area (Å²) in [5, 5.41) is 22.2. The van der Waals surface area contributed by atoms with Gasteiger partial charge in [-0.15, -0.1) is 0 Å². The van der Waals surface area contributed by atoms with Gasteiger partial charge in [0.2, 0.25) is 5.91 Å². The van der Waals surface area contributed by atoms with Gasteiger partial charge >= 0.3 is 5.97 Å². The first kappa shape index (κ1) is 15.9. The molecule has 0 aliphatic carbocycles. The second kappa shape index (κ2) is 6.52. The Labute approximate surface area is 126 Å². The summed E-state index contributed by atoms with van der Waals surface area (Å²) >= 11 is 0. The van der Waals surface area contributed by atoms with E-state index < -0.39 is 22.9 Å². The fourth-order valence-electron chi connectivity index (χ4n) is 2.42. The third kappa shape index (κ3) is 3.59. The Hall–Kier alpha value is -2.48. The lowest BCUT2D eigenvalue weighted by Crippen LogP contribution is -2.41. The third-order valence-corrected chi connectivity index (χ3v) is 3.84. The van der Waals surface area contributed by atoms with Gasteiger partial charge in [-0.2, -0.15) is 0 Å². The second-order valence-corrected chi connectivity index (χ2v) is 5.29. The van der Waals surface area contributed by atoms with Gasteiger partial charge in [-0.05, 0) is 32.0 Å². The van der Waals surface area contributed by atoms with Gasteiger partial charge in [0.25, 0.3) is 5.69 Å². The maximum absolute atomic E-state index is 12.2. The molecule has 8 nitrogen and oxygen atoms in total. The van der Waals surface area contributed by atoms with Gasteiger partial charge in [-0.1, -0.05) is 0 Å². The van der Waals surface area contributed by atoms with E-state index in [1.54, 1.807) is 6.92 Å². The molecule has 1 amide bonds. The van der Waals surface area contributed by atoms with E-state index in [-0.39, 0.29) is 11.6 Å². The topological polar surface area (TPSA) is 113 Å². The van der Waals surface area contributed by atoms with E-state index >= 15 is 0 Å². The van der Waals surface area contributed by atoms with Crippen molar-refractivity contribution in [3.05, 3.63) is 34.4 Å². The molecule has 0 radical (unpaired) electrons. The van der Waals surface area contributed by atoms with Crippen LogP contribution in [-0.2, 0) is 9.59 Å². The fourth-order valence-corrected chi connectivity index (χ4v) is 2.42. The largest absolute Gasteiger partial charge is 0.481 e. The van der Waals surface area contributed by atoms with Crippen LogP contribution < -0.4 is 5.32 Å². The van der Waals surface area contributed by atoms with Crippen LogP contribution in [0.15, 0.2) is 24.3 Å². The number of likely N-dealkylation sites (tertiary alicyclic amines) is 1. The number of benzene rings is 1. The molecule has 1 aromatic rings. The Morgan fingerprint density at radius 3 is 2.55 bits per heavy atom. The summed E-state index contributed by atoms with van der Waals surface area (Å²) in [7, 11) is 0. The van der Waals surface area contributed by atoms with Crippen LogP contribution in [0.25, 0.3) is 0 Å². The molecule has 118 valence electrons. The molecule has 8 heteroatoms. The molecule has 2 atom stereocenters. The Morgan fingerprint density at radius 1 is 1.41 bits per heavy atom. The highest BCUT2D eigenvalue weighted by Gasteiger charge is 2.33. The number of aliphatic carboxylic acids is 1. The molecule has 0 aromatic heterocycles. The van der Waals surface area contributed by atoms with Gasteiger partial charge in [0.15, 0.2) is 0 Å². The van der Waals surface area contributed by atoms with Crippen molar-refractivity contribution in [1.82, 2.24) is 4.90 Å². The average Bonchev–Trinajstić information content (AvgIpc) is 2.97. The highest BCUT2D eigenvalue weighted by Crippen LogP contribution is 2.20. The third-order valence-electron chi connectivity index (χ3n) is 3.84. The number of carboxylic acids is 1. The van der Waals surface area contributed by atoms with Crippen molar-refractivity contribution < 1.29 is 19.6 Å². The average molecular weight is 307 g/mol. The van der Waals surface area contributed by atoms with E-state index in [1.807, 2.05) is 4.90 Å². The second-order valence-electron chi connectivity index (χ2n) is 5.29. The molecule has 2 unspecified atom stereocenters. The van der Waals surface area contributed by atoms with E-state index in [1.165, 1.54) is 24.3 Å². The number of nitro groups is 1. The molecule has 1 heterocycles. The van der Waals surface area contributed by atoms with Gasteiger partial charge in [0.1, 0.15) is 0 Å². The van der Waals surface area contributed by atoms with Crippen LogP contribution in [0.5, 0.6) is 0 Å². The number of hydrogen-bond donors (Lipinski definition) is 2. The summed E-state index contributed by atoms with van der Waals surface area (Å²) in [5.74, 6) is -1.54. The van der Waals surface area contributed by atoms with E-state index in [0.717, 1.165) is 0 Å². The normalized spacial score (nSPS) is 19.6. The number of non-ortho nitro benzene ring substituents is 1. The Kier molecular flexibility index (Phi) is 4.71. The maximum Gasteiger partial charge on any atom is 0.307 e. The number of carbonyl (C=O) groups is 2. The van der Waals surface area contributed by atoms with Gasteiger partial charge in [0, 0.05) is 24.4 Å². The Bertz CT molecular complexity index is 587. The number of rotatable bonds is 5. The summed E-state index contributed by atoms with van der Waals surface area (Å²) in [4.78, 5) is 35.0. The smallest absolute Gasteiger partial charge is 0.307 e. The molecule has 1 fully saturated rings. The SMILES string of the molecule is CC(C(=O)Nc1ccc([N+](=O)[O-])cc1)N1CCC(C(=O)O)C1. The number of anilines is 1. The van der Waals surface area contributed by atoms with E-state index in [0.29, 0.717) is 25.2 Å². The standard InChI is InChI=1S/C14H17N3O5/c1-9(16-7-6-10(8-16)14(19)20)13(18)15-11-2-4-12(5-3-11)17(21)22/h2-5,9-10H,6-8H2,1H3,(H,15,18)(H,19,20). The Morgan fingerprint density at radius 2 is 2.05 bits per heavy atom. The van der Waals surface area contributed by atoms with Crippen molar-refractivity contribution in [3.8, 4) is 0 Å². The number of carboxylic acid groups (broad SMARTS) is 1. The molecule has 22 heavy (non-hydrogen) atoms. The monoisotopic (exact) mass is 307 g/mol. The van der Waals surface area contributed by atoms with Gasteiger partial charge in [-0.25, -0.2) is 0 Å². The summed E-state index contributed by atoms with van der Waals surface area (Å²) < 4.78 is 0. The van der Waals surface area contributed by atoms with Crippen molar-refractivity contribution in [3.63, 3.8) is 0 Å². The molecule has 1 saturated heterocycles. The van der Waals surface area contributed by atoms with E-state index in [4.69, 9.17) is 5.11 Å². The van der Waals surface area contributed by atoms with Gasteiger partial charge < -0.3 is 10.4 Å². The number of carbonyl (C=O) groups excluding carboxylic acids is 1. The molecule has 1 aliphatic rings. The number of nitro benzene ring substituents is 1. The van der Waals surface area contributed by atoms with E-state index in [2.05, 4.69) is 5.32 Å². The highest BCUT2D eigenvalue weighted by molar-refractivity contribution is 5.94. The number of nitrogens with zero attached hydrogens (tertiary/aromatic N) is 2. The zero-order chi connectivity index (χ0) is 16.3. The minimum absolute atomic E-state index is 0.0464. The number of hydrogen-bond acceptors (Lipinski definition) is 5. The summed E-state index contributed by atoms with van der Waals surface area (Å²) in [6.07, 6.45) is 0.532. The van der Waals surface area contributed by atoms with Crippen LogP contribution in [0.4, 0.5) is 11.4 Å². The quantitative estimate of drug-likeness (QED) is 0.626. The van der Waals surface area contributed by atoms with Crippen molar-refractivity contribution in [2.45, 2.75) is 19.4 Å². The lowest BCUT2D eigenvalue weighted by Gasteiger charge is -2.23. The number of nitrogens with one attached hydrogen (secondary N) is 1. The zero-order valence-corrected chi connectivity index (χ0v) is 12.1. The lowest BCUT2D eigenvalue weighted by molar-refractivity contribution is -0.384. The van der Waals surface area contributed by atoms with Crippen LogP contribution in [0.1, 0.15) is 13.3 Å². The summed E-state index contributed by atoms with van der Waals surface area (Å²) in [6, 6.07) is 5.10. The number of amides is 1. The van der Waals surface area contributed by atoms with Crippen molar-refractivity contribution in [2.24, 2.45) is 5.92 Å². The molecule has 1 aliphatic heterocycles. The minimum atomic E-state index is -0.842.